The fourth-order valence-electron chi connectivity index (χ4n) is 1.19. The molecule has 0 saturated carbocycles. The van der Waals surface area contributed by atoms with Crippen molar-refractivity contribution in [3.63, 3.8) is 0 Å². The second-order valence-electron chi connectivity index (χ2n) is 3.25. The number of nitrogen functional groups attached to an aromatic ring is 1. The van der Waals surface area contributed by atoms with Crippen LogP contribution in [0.15, 0.2) is 23.6 Å². The molecule has 1 heterocycles. The molecule has 2 rings (SSSR count). The molecule has 2 aromatic rings. The Kier molecular flexibility index (Phi) is 3.31. The molecule has 1 aromatic carbocycles. The second-order valence-corrected chi connectivity index (χ2v) is 4.48. The monoisotopic (exact) mass is 254 g/mol. The summed E-state index contributed by atoms with van der Waals surface area (Å²) in [6.45, 7) is 2.05. The van der Waals surface area contributed by atoms with E-state index in [1.54, 1.807) is 18.2 Å². The van der Waals surface area contributed by atoms with Crippen molar-refractivity contribution in [2.45, 2.75) is 13.3 Å². The second kappa shape index (κ2) is 4.72. The standard InChI is InChI=1S/C11H11ClN2OS/c1-2-8-6-16-11(14-8)15-10-4-3-7(13)5-9(10)12/h3-6H,2,13H2,1H3. The lowest BCUT2D eigenvalue weighted by Gasteiger charge is -2.04. The molecule has 0 aliphatic rings. The minimum Gasteiger partial charge on any atom is -0.429 e. The van der Waals surface area contributed by atoms with Crippen molar-refractivity contribution >= 4 is 28.6 Å². The van der Waals surface area contributed by atoms with Crippen molar-refractivity contribution in [3.8, 4) is 10.9 Å². The smallest absolute Gasteiger partial charge is 0.278 e. The maximum Gasteiger partial charge on any atom is 0.278 e. The van der Waals surface area contributed by atoms with Gasteiger partial charge in [0.25, 0.3) is 5.19 Å². The minimum atomic E-state index is 0.494. The molecule has 0 atom stereocenters. The van der Waals surface area contributed by atoms with Gasteiger partial charge in [0.15, 0.2) is 0 Å². The Hall–Kier alpha value is -1.26. The SMILES string of the molecule is CCc1csc(Oc2ccc(N)cc2Cl)n1. The number of ether oxygens (including phenoxy) is 1. The van der Waals surface area contributed by atoms with Gasteiger partial charge in [0.05, 0.1) is 10.7 Å². The molecule has 0 aliphatic heterocycles. The highest BCUT2D eigenvalue weighted by atomic mass is 35.5. The zero-order valence-corrected chi connectivity index (χ0v) is 10.3. The van der Waals surface area contributed by atoms with Gasteiger partial charge in [-0.25, -0.2) is 4.98 Å². The molecule has 0 radical (unpaired) electrons. The van der Waals surface area contributed by atoms with Gasteiger partial charge >= 0.3 is 0 Å². The van der Waals surface area contributed by atoms with E-state index in [1.165, 1.54) is 11.3 Å². The molecule has 0 fully saturated rings. The summed E-state index contributed by atoms with van der Waals surface area (Å²) in [5.41, 5.74) is 7.23. The molecule has 0 spiro atoms. The highest BCUT2D eigenvalue weighted by Crippen LogP contribution is 2.32. The van der Waals surface area contributed by atoms with Crippen molar-refractivity contribution in [2.75, 3.05) is 5.73 Å². The highest BCUT2D eigenvalue weighted by molar-refractivity contribution is 7.11. The summed E-state index contributed by atoms with van der Waals surface area (Å²) in [7, 11) is 0. The Morgan fingerprint density at radius 1 is 1.50 bits per heavy atom. The van der Waals surface area contributed by atoms with Gasteiger partial charge in [-0.1, -0.05) is 29.9 Å². The van der Waals surface area contributed by atoms with Crippen LogP contribution in [0.2, 0.25) is 5.02 Å². The first-order valence-corrected chi connectivity index (χ1v) is 6.12. The summed E-state index contributed by atoms with van der Waals surface area (Å²) in [5, 5.41) is 3.07. The Morgan fingerprint density at radius 3 is 2.94 bits per heavy atom. The van der Waals surface area contributed by atoms with Crippen LogP contribution >= 0.6 is 22.9 Å². The lowest BCUT2D eigenvalue weighted by molar-refractivity contribution is 0.477. The van der Waals surface area contributed by atoms with Crippen molar-refractivity contribution in [2.24, 2.45) is 0 Å². The molecule has 2 N–H and O–H groups in total. The van der Waals surface area contributed by atoms with Crippen molar-refractivity contribution in [1.29, 1.82) is 0 Å². The number of nitrogens with zero attached hydrogens (tertiary/aromatic N) is 1. The predicted molar refractivity (Wildman–Crippen MR) is 67.4 cm³/mol. The van der Waals surface area contributed by atoms with E-state index in [0.717, 1.165) is 12.1 Å². The van der Waals surface area contributed by atoms with Crippen LogP contribution in [0.4, 0.5) is 5.69 Å². The van der Waals surface area contributed by atoms with Crippen LogP contribution in [-0.4, -0.2) is 4.98 Å². The molecule has 84 valence electrons. The number of halogens is 1. The van der Waals surface area contributed by atoms with Gasteiger partial charge in [-0.05, 0) is 24.6 Å². The van der Waals surface area contributed by atoms with Crippen LogP contribution in [-0.2, 0) is 6.42 Å². The van der Waals surface area contributed by atoms with Gasteiger partial charge in [0, 0.05) is 11.1 Å². The van der Waals surface area contributed by atoms with E-state index in [1.807, 2.05) is 5.38 Å². The third-order valence-corrected chi connectivity index (χ3v) is 3.11. The number of benzene rings is 1. The Balaban J connectivity index is 2.20. The molecule has 3 nitrogen and oxygen atoms in total. The molecular formula is C11H11ClN2OS. The topological polar surface area (TPSA) is 48.1 Å². The average molecular weight is 255 g/mol. The Morgan fingerprint density at radius 2 is 2.31 bits per heavy atom. The summed E-state index contributed by atoms with van der Waals surface area (Å²) in [6.07, 6.45) is 0.898. The molecular weight excluding hydrogens is 244 g/mol. The van der Waals surface area contributed by atoms with Gasteiger partial charge in [0.2, 0.25) is 0 Å². The Bertz CT molecular complexity index is 498. The van der Waals surface area contributed by atoms with Crippen molar-refractivity contribution in [1.82, 2.24) is 4.98 Å². The van der Waals surface area contributed by atoms with Crippen LogP contribution in [0, 0.1) is 0 Å². The number of anilines is 1. The van der Waals surface area contributed by atoms with Gasteiger partial charge < -0.3 is 10.5 Å². The zero-order valence-electron chi connectivity index (χ0n) is 8.74. The van der Waals surface area contributed by atoms with Crippen LogP contribution in [0.3, 0.4) is 0 Å². The van der Waals surface area contributed by atoms with Gasteiger partial charge in [-0.2, -0.15) is 0 Å². The third-order valence-electron chi connectivity index (χ3n) is 2.05. The van der Waals surface area contributed by atoms with Crippen molar-refractivity contribution < 1.29 is 4.74 Å². The number of thiazole rings is 1. The Labute approximate surface area is 103 Å². The summed E-state index contributed by atoms with van der Waals surface area (Å²) < 4.78 is 5.57. The molecule has 0 aliphatic carbocycles. The van der Waals surface area contributed by atoms with E-state index < -0.39 is 0 Å². The first-order chi connectivity index (χ1) is 7.69. The lowest BCUT2D eigenvalue weighted by Crippen LogP contribution is -1.88. The molecule has 5 heteroatoms. The van der Waals surface area contributed by atoms with Gasteiger partial charge in [-0.3, -0.25) is 0 Å². The van der Waals surface area contributed by atoms with Crippen LogP contribution in [0.5, 0.6) is 10.9 Å². The van der Waals surface area contributed by atoms with Crippen molar-refractivity contribution in [3.05, 3.63) is 34.3 Å². The van der Waals surface area contributed by atoms with E-state index in [4.69, 9.17) is 22.1 Å². The number of hydrogen-bond donors (Lipinski definition) is 1. The maximum atomic E-state index is 5.99. The molecule has 1 aromatic heterocycles. The fraction of sp³-hybridized carbons (Fsp3) is 0.182. The van der Waals surface area contributed by atoms with Gasteiger partial charge in [0.1, 0.15) is 5.75 Å². The first kappa shape index (κ1) is 11.2. The fourth-order valence-corrected chi connectivity index (χ4v) is 2.18. The largest absolute Gasteiger partial charge is 0.429 e. The molecule has 0 saturated heterocycles. The van der Waals surface area contributed by atoms with E-state index in [9.17, 15) is 0 Å². The first-order valence-electron chi connectivity index (χ1n) is 4.86. The van der Waals surface area contributed by atoms with E-state index in [-0.39, 0.29) is 0 Å². The maximum absolute atomic E-state index is 5.99. The van der Waals surface area contributed by atoms with E-state index in [0.29, 0.717) is 21.7 Å². The minimum absolute atomic E-state index is 0.494. The van der Waals surface area contributed by atoms with Crippen LogP contribution < -0.4 is 10.5 Å². The normalized spacial score (nSPS) is 10.4. The highest BCUT2D eigenvalue weighted by Gasteiger charge is 2.06. The molecule has 16 heavy (non-hydrogen) atoms. The quantitative estimate of drug-likeness (QED) is 0.849. The summed E-state index contributed by atoms with van der Waals surface area (Å²) in [6, 6.07) is 5.14. The molecule has 0 amide bonds. The van der Waals surface area contributed by atoms with E-state index in [2.05, 4.69) is 11.9 Å². The molecule has 0 bridgehead atoms. The predicted octanol–water partition coefficient (Wildman–Crippen LogP) is 3.73. The number of rotatable bonds is 3. The summed E-state index contributed by atoms with van der Waals surface area (Å²) in [4.78, 5) is 4.29. The molecule has 0 unspecified atom stereocenters. The van der Waals surface area contributed by atoms with Crippen LogP contribution in [0.1, 0.15) is 12.6 Å². The van der Waals surface area contributed by atoms with Crippen LogP contribution in [0.25, 0.3) is 0 Å². The number of aromatic nitrogens is 1. The third kappa shape index (κ3) is 2.46. The number of nitrogens with two attached hydrogens (primary N) is 1. The number of hydrogen-bond acceptors (Lipinski definition) is 4. The zero-order chi connectivity index (χ0) is 11.5. The lowest BCUT2D eigenvalue weighted by atomic mass is 10.3. The summed E-state index contributed by atoms with van der Waals surface area (Å²) >= 11 is 7.45. The van der Waals surface area contributed by atoms with Gasteiger partial charge in [-0.15, -0.1) is 0 Å². The number of aryl methyl sites for hydroxylation is 1. The average Bonchev–Trinajstić information content (AvgIpc) is 2.70. The van der Waals surface area contributed by atoms with E-state index >= 15 is 0 Å². The summed E-state index contributed by atoms with van der Waals surface area (Å²) in [5.74, 6) is 0.577.